The molecule has 0 aliphatic heterocycles. The molecule has 0 spiro atoms. The second-order valence-electron chi connectivity index (χ2n) is 5.13. The lowest BCUT2D eigenvalue weighted by Gasteiger charge is -2.04. The van der Waals surface area contributed by atoms with Gasteiger partial charge >= 0.3 is 5.97 Å². The van der Waals surface area contributed by atoms with Gasteiger partial charge in [0.1, 0.15) is 4.83 Å². The van der Waals surface area contributed by atoms with Crippen LogP contribution < -0.4 is 0 Å². The minimum Gasteiger partial charge on any atom is -0.480 e. The molecule has 108 valence electrons. The minimum absolute atomic E-state index is 0.351. The molecule has 0 aliphatic carbocycles. The topological polar surface area (TPSA) is 37.3 Å². The largest absolute Gasteiger partial charge is 0.480 e. The lowest BCUT2D eigenvalue weighted by atomic mass is 10.0. The number of hydrogen-bond acceptors (Lipinski definition) is 1. The highest BCUT2D eigenvalue weighted by Gasteiger charge is 2.11. The van der Waals surface area contributed by atoms with Gasteiger partial charge in [0.05, 0.1) is 0 Å². The number of hydrogen-bond donors (Lipinski definition) is 1. The fourth-order valence-electron chi connectivity index (χ4n) is 2.11. The van der Waals surface area contributed by atoms with Crippen molar-refractivity contribution in [1.82, 2.24) is 0 Å². The first kappa shape index (κ1) is 17.9. The van der Waals surface area contributed by atoms with Gasteiger partial charge < -0.3 is 5.11 Å². The monoisotopic (exact) mass is 320 g/mol. The van der Waals surface area contributed by atoms with Crippen LogP contribution in [0.1, 0.15) is 84.0 Å². The second kappa shape index (κ2) is 13.4. The molecular weight excluding hydrogens is 292 g/mol. The van der Waals surface area contributed by atoms with E-state index in [1.54, 1.807) is 0 Å². The van der Waals surface area contributed by atoms with Crippen molar-refractivity contribution in [2.24, 2.45) is 0 Å². The van der Waals surface area contributed by atoms with E-state index >= 15 is 0 Å². The smallest absolute Gasteiger partial charge is 0.317 e. The molecule has 0 saturated heterocycles. The summed E-state index contributed by atoms with van der Waals surface area (Å²) in [6, 6.07) is 0. The summed E-state index contributed by atoms with van der Waals surface area (Å²) >= 11 is 3.17. The van der Waals surface area contributed by atoms with E-state index in [2.05, 4.69) is 22.9 Å². The molecule has 18 heavy (non-hydrogen) atoms. The van der Waals surface area contributed by atoms with E-state index in [4.69, 9.17) is 5.11 Å². The maximum atomic E-state index is 10.6. The van der Waals surface area contributed by atoms with Crippen molar-refractivity contribution in [1.29, 1.82) is 0 Å². The zero-order chi connectivity index (χ0) is 13.6. The van der Waals surface area contributed by atoms with Crippen molar-refractivity contribution in [3.05, 3.63) is 0 Å². The lowest BCUT2D eigenvalue weighted by Crippen LogP contribution is -2.11. The van der Waals surface area contributed by atoms with E-state index < -0.39 is 5.97 Å². The van der Waals surface area contributed by atoms with Crippen LogP contribution in [0.15, 0.2) is 0 Å². The van der Waals surface area contributed by atoms with Crippen molar-refractivity contribution in [2.45, 2.75) is 88.8 Å². The third-order valence-electron chi connectivity index (χ3n) is 3.33. The first-order chi connectivity index (χ1) is 8.68. The quantitative estimate of drug-likeness (QED) is 0.357. The zero-order valence-corrected chi connectivity index (χ0v) is 13.4. The van der Waals surface area contributed by atoms with Gasteiger partial charge in [-0.2, -0.15) is 0 Å². The summed E-state index contributed by atoms with van der Waals surface area (Å²) in [5, 5.41) is 8.70. The minimum atomic E-state index is -0.734. The standard InChI is InChI=1S/C15H29BrO2/c1-2-3-4-5-6-7-8-9-10-11-12-13-14(16)15(17)18/h14H,2-13H2,1H3,(H,17,18)/t14-/m1/s1. The number of carboxylic acid groups (broad SMARTS) is 1. The Morgan fingerprint density at radius 1 is 0.889 bits per heavy atom. The predicted octanol–water partition coefficient (Wildman–Crippen LogP) is 5.54. The van der Waals surface area contributed by atoms with Crippen LogP contribution >= 0.6 is 15.9 Å². The number of aliphatic carboxylic acids is 1. The predicted molar refractivity (Wildman–Crippen MR) is 81.4 cm³/mol. The van der Waals surface area contributed by atoms with Gasteiger partial charge in [-0.25, -0.2) is 0 Å². The van der Waals surface area contributed by atoms with Gasteiger partial charge in [-0.3, -0.25) is 4.79 Å². The van der Waals surface area contributed by atoms with Gasteiger partial charge in [-0.15, -0.1) is 0 Å². The second-order valence-corrected chi connectivity index (χ2v) is 6.24. The van der Waals surface area contributed by atoms with Crippen molar-refractivity contribution < 1.29 is 9.90 Å². The van der Waals surface area contributed by atoms with Gasteiger partial charge in [0.25, 0.3) is 0 Å². The van der Waals surface area contributed by atoms with Crippen LogP contribution in [0.25, 0.3) is 0 Å². The van der Waals surface area contributed by atoms with Gasteiger partial charge in [0, 0.05) is 0 Å². The first-order valence-electron chi connectivity index (χ1n) is 7.55. The van der Waals surface area contributed by atoms with Crippen LogP contribution in [0.2, 0.25) is 0 Å². The highest BCUT2D eigenvalue weighted by Crippen LogP contribution is 2.14. The molecule has 0 fully saturated rings. The van der Waals surface area contributed by atoms with Crippen LogP contribution in [-0.4, -0.2) is 15.9 Å². The van der Waals surface area contributed by atoms with Crippen LogP contribution in [0.4, 0.5) is 0 Å². The molecule has 2 nitrogen and oxygen atoms in total. The molecule has 0 aromatic heterocycles. The van der Waals surface area contributed by atoms with Crippen LogP contribution in [-0.2, 0) is 4.79 Å². The van der Waals surface area contributed by atoms with Crippen molar-refractivity contribution in [2.75, 3.05) is 0 Å². The third-order valence-corrected chi connectivity index (χ3v) is 4.18. The van der Waals surface area contributed by atoms with Gasteiger partial charge in [0.15, 0.2) is 0 Å². The van der Waals surface area contributed by atoms with E-state index in [-0.39, 0.29) is 4.83 Å². The summed E-state index contributed by atoms with van der Waals surface area (Å²) in [5.74, 6) is -0.734. The fraction of sp³-hybridized carbons (Fsp3) is 0.933. The fourth-order valence-corrected chi connectivity index (χ4v) is 2.43. The van der Waals surface area contributed by atoms with Crippen LogP contribution in [0.5, 0.6) is 0 Å². The molecule has 0 bridgehead atoms. The van der Waals surface area contributed by atoms with Crippen molar-refractivity contribution in [3.8, 4) is 0 Å². The Balaban J connectivity index is 3.05. The van der Waals surface area contributed by atoms with Crippen LogP contribution in [0.3, 0.4) is 0 Å². The van der Waals surface area contributed by atoms with Crippen molar-refractivity contribution in [3.63, 3.8) is 0 Å². The summed E-state index contributed by atoms with van der Waals surface area (Å²) < 4.78 is 0. The molecule has 0 saturated carbocycles. The van der Waals surface area contributed by atoms with E-state index in [0.29, 0.717) is 0 Å². The molecule has 0 aromatic carbocycles. The molecule has 0 unspecified atom stereocenters. The Labute approximate surface area is 121 Å². The van der Waals surface area contributed by atoms with Gasteiger partial charge in [-0.05, 0) is 6.42 Å². The number of rotatable bonds is 13. The Hall–Kier alpha value is -0.0500. The van der Waals surface area contributed by atoms with Gasteiger partial charge in [-0.1, -0.05) is 93.5 Å². The Morgan fingerprint density at radius 2 is 1.28 bits per heavy atom. The molecular formula is C15H29BrO2. The van der Waals surface area contributed by atoms with E-state index in [1.165, 1.54) is 64.2 Å². The van der Waals surface area contributed by atoms with Crippen molar-refractivity contribution >= 4 is 21.9 Å². The third kappa shape index (κ3) is 12.4. The van der Waals surface area contributed by atoms with Crippen LogP contribution in [0, 0.1) is 0 Å². The zero-order valence-electron chi connectivity index (χ0n) is 11.8. The number of carboxylic acids is 1. The highest BCUT2D eigenvalue weighted by atomic mass is 79.9. The Kier molecular flexibility index (Phi) is 13.3. The first-order valence-corrected chi connectivity index (χ1v) is 8.47. The van der Waals surface area contributed by atoms with E-state index in [0.717, 1.165) is 12.8 Å². The van der Waals surface area contributed by atoms with E-state index in [1.807, 2.05) is 0 Å². The number of halogens is 1. The summed E-state index contributed by atoms with van der Waals surface area (Å²) in [7, 11) is 0. The number of carbonyl (C=O) groups is 1. The molecule has 3 heteroatoms. The molecule has 0 radical (unpaired) electrons. The average Bonchev–Trinajstić information content (AvgIpc) is 2.35. The molecule has 0 aliphatic rings. The SMILES string of the molecule is CCCCCCCCCCCCC[C@@H](Br)C(=O)O. The maximum Gasteiger partial charge on any atom is 0.317 e. The molecule has 0 heterocycles. The summed E-state index contributed by atoms with van der Waals surface area (Å²) in [6.07, 6.45) is 15.2. The molecule has 1 atom stereocenters. The van der Waals surface area contributed by atoms with E-state index in [9.17, 15) is 4.79 Å². The Morgan fingerprint density at radius 3 is 1.67 bits per heavy atom. The molecule has 0 aromatic rings. The summed E-state index contributed by atoms with van der Waals surface area (Å²) in [5.41, 5.74) is 0. The number of alkyl halides is 1. The lowest BCUT2D eigenvalue weighted by molar-refractivity contribution is -0.136. The highest BCUT2D eigenvalue weighted by molar-refractivity contribution is 9.10. The Bertz CT molecular complexity index is 195. The molecule has 1 N–H and O–H groups in total. The maximum absolute atomic E-state index is 10.6. The summed E-state index contributed by atoms with van der Waals surface area (Å²) in [4.78, 5) is 10.2. The number of unbranched alkanes of at least 4 members (excludes halogenated alkanes) is 10. The normalized spacial score (nSPS) is 12.6. The molecule has 0 amide bonds. The summed E-state index contributed by atoms with van der Waals surface area (Å²) in [6.45, 7) is 2.25. The molecule has 0 rings (SSSR count). The average molecular weight is 321 g/mol. The van der Waals surface area contributed by atoms with Gasteiger partial charge in [0.2, 0.25) is 0 Å².